The van der Waals surface area contributed by atoms with Crippen LogP contribution in [0.5, 0.6) is 0 Å². The number of methoxy groups -OCH3 is 2. The molecule has 0 N–H and O–H groups in total. The molecule has 1 saturated carbocycles. The molecule has 0 aromatic rings. The maximum absolute atomic E-state index is 12.4. The van der Waals surface area contributed by atoms with Crippen molar-refractivity contribution in [1.29, 1.82) is 0 Å². The summed E-state index contributed by atoms with van der Waals surface area (Å²) in [4.78, 5) is 24.7. The highest BCUT2D eigenvalue weighted by Crippen LogP contribution is 2.68. The minimum atomic E-state index is -0.844. The Bertz CT molecular complexity index is 437. The Hall–Kier alpha value is -1.32. The van der Waals surface area contributed by atoms with Gasteiger partial charge in [-0.2, -0.15) is 0 Å². The van der Waals surface area contributed by atoms with E-state index >= 15 is 0 Å². The minimum absolute atomic E-state index is 0.0639. The molecule has 2 unspecified atom stereocenters. The Morgan fingerprint density at radius 1 is 0.947 bits per heavy atom. The molecule has 2 bridgehead atoms. The van der Waals surface area contributed by atoms with Crippen molar-refractivity contribution in [3.05, 3.63) is 11.1 Å². The summed E-state index contributed by atoms with van der Waals surface area (Å²) >= 11 is 0. The summed E-state index contributed by atoms with van der Waals surface area (Å²) in [5.74, 6) is -0.511. The van der Waals surface area contributed by atoms with Crippen molar-refractivity contribution in [2.45, 2.75) is 34.1 Å². The summed E-state index contributed by atoms with van der Waals surface area (Å²) in [7, 11) is 2.76. The fourth-order valence-corrected chi connectivity index (χ4v) is 4.33. The second-order valence-corrected chi connectivity index (χ2v) is 6.09. The van der Waals surface area contributed by atoms with Crippen LogP contribution in [-0.4, -0.2) is 26.2 Å². The second-order valence-electron chi connectivity index (χ2n) is 6.09. The zero-order chi connectivity index (χ0) is 14.6. The summed E-state index contributed by atoms with van der Waals surface area (Å²) in [5, 5.41) is 0. The van der Waals surface area contributed by atoms with Gasteiger partial charge in [-0.3, -0.25) is 9.59 Å². The third-order valence-electron chi connectivity index (χ3n) is 5.83. The third kappa shape index (κ3) is 1.35. The van der Waals surface area contributed by atoms with Crippen LogP contribution in [0.4, 0.5) is 0 Å². The van der Waals surface area contributed by atoms with Crippen molar-refractivity contribution in [3.8, 4) is 0 Å². The first-order valence-electron chi connectivity index (χ1n) is 6.60. The number of fused-ring (bicyclic) bond motifs is 2. The molecule has 0 amide bonds. The van der Waals surface area contributed by atoms with Crippen molar-refractivity contribution in [2.24, 2.45) is 22.7 Å². The van der Waals surface area contributed by atoms with Crippen molar-refractivity contribution >= 4 is 11.9 Å². The van der Waals surface area contributed by atoms with E-state index in [1.807, 2.05) is 13.8 Å². The molecular weight excluding hydrogens is 244 g/mol. The van der Waals surface area contributed by atoms with E-state index in [2.05, 4.69) is 13.8 Å². The molecular formula is C15H22O4. The predicted molar refractivity (Wildman–Crippen MR) is 70.2 cm³/mol. The average Bonchev–Trinajstić information content (AvgIpc) is 2.83. The number of esters is 2. The van der Waals surface area contributed by atoms with Gasteiger partial charge in [0.15, 0.2) is 0 Å². The minimum Gasteiger partial charge on any atom is -0.469 e. The first-order valence-corrected chi connectivity index (χ1v) is 6.60. The Morgan fingerprint density at radius 3 is 1.53 bits per heavy atom. The van der Waals surface area contributed by atoms with Gasteiger partial charge in [-0.25, -0.2) is 0 Å². The van der Waals surface area contributed by atoms with E-state index in [0.29, 0.717) is 0 Å². The maximum atomic E-state index is 12.4. The number of allylic oxidation sites excluding steroid dienone is 2. The van der Waals surface area contributed by atoms with Gasteiger partial charge in [0.25, 0.3) is 0 Å². The highest BCUT2D eigenvalue weighted by molar-refractivity contribution is 5.91. The van der Waals surface area contributed by atoms with E-state index in [1.54, 1.807) is 0 Å². The summed E-state index contributed by atoms with van der Waals surface area (Å²) in [6.07, 6.45) is 0.828. The van der Waals surface area contributed by atoms with Crippen LogP contribution in [0.2, 0.25) is 0 Å². The van der Waals surface area contributed by atoms with Crippen LogP contribution < -0.4 is 0 Å². The molecule has 1 fully saturated rings. The number of carbonyl (C=O) groups excluding carboxylic acids is 2. The fourth-order valence-electron chi connectivity index (χ4n) is 4.33. The lowest BCUT2D eigenvalue weighted by atomic mass is 9.56. The van der Waals surface area contributed by atoms with Crippen LogP contribution in [0.15, 0.2) is 11.1 Å². The molecule has 4 heteroatoms. The topological polar surface area (TPSA) is 52.6 Å². The van der Waals surface area contributed by atoms with Crippen LogP contribution in [0, 0.1) is 22.7 Å². The number of carbonyl (C=O) groups is 2. The number of hydrogen-bond acceptors (Lipinski definition) is 4. The summed E-state index contributed by atoms with van der Waals surface area (Å²) < 4.78 is 9.99. The molecule has 0 saturated heterocycles. The summed E-state index contributed by atoms with van der Waals surface area (Å²) in [5.41, 5.74) is 0.755. The molecule has 19 heavy (non-hydrogen) atoms. The molecule has 2 rings (SSSR count). The highest BCUT2D eigenvalue weighted by Gasteiger charge is 2.71. The average molecular weight is 266 g/mol. The van der Waals surface area contributed by atoms with E-state index in [9.17, 15) is 9.59 Å². The largest absolute Gasteiger partial charge is 0.469 e. The molecule has 0 aromatic carbocycles. The Labute approximate surface area is 114 Å². The van der Waals surface area contributed by atoms with Gasteiger partial charge in [0.1, 0.15) is 0 Å². The van der Waals surface area contributed by atoms with Gasteiger partial charge in [-0.15, -0.1) is 0 Å². The quantitative estimate of drug-likeness (QED) is 0.568. The van der Waals surface area contributed by atoms with Crippen molar-refractivity contribution in [2.75, 3.05) is 14.2 Å². The molecule has 106 valence electrons. The molecule has 0 aromatic heterocycles. The third-order valence-corrected chi connectivity index (χ3v) is 5.83. The van der Waals surface area contributed by atoms with Crippen molar-refractivity contribution in [3.63, 3.8) is 0 Å². The number of hydrogen-bond donors (Lipinski definition) is 0. The zero-order valence-corrected chi connectivity index (χ0v) is 12.5. The lowest BCUT2D eigenvalue weighted by Gasteiger charge is -2.45. The van der Waals surface area contributed by atoms with Gasteiger partial charge < -0.3 is 9.47 Å². The summed E-state index contributed by atoms with van der Waals surface area (Å²) in [6.45, 7) is 7.79. The van der Waals surface area contributed by atoms with Crippen LogP contribution in [0.3, 0.4) is 0 Å². The molecule has 0 radical (unpaired) electrons. The highest BCUT2D eigenvalue weighted by atomic mass is 16.5. The molecule has 0 spiro atoms. The van der Waals surface area contributed by atoms with Gasteiger partial charge in [0.2, 0.25) is 0 Å². The van der Waals surface area contributed by atoms with Crippen molar-refractivity contribution in [1.82, 2.24) is 0 Å². The van der Waals surface area contributed by atoms with Gasteiger partial charge in [-0.1, -0.05) is 11.1 Å². The van der Waals surface area contributed by atoms with E-state index in [4.69, 9.17) is 9.47 Å². The normalized spacial score (nSPS) is 40.5. The fraction of sp³-hybridized carbons (Fsp3) is 0.733. The van der Waals surface area contributed by atoms with Gasteiger partial charge in [-0.05, 0) is 46.0 Å². The lowest BCUT2D eigenvalue weighted by molar-refractivity contribution is -0.177. The molecule has 0 heterocycles. The maximum Gasteiger partial charge on any atom is 0.313 e. The Kier molecular flexibility index (Phi) is 3.03. The summed E-state index contributed by atoms with van der Waals surface area (Å²) in [6, 6.07) is 0. The SMILES string of the molecule is COC(=O)C1(C)[C@H]2C[C@@H](C(C)=C2C)C1(C)C(=O)OC. The van der Waals surface area contributed by atoms with Gasteiger partial charge >= 0.3 is 11.9 Å². The number of ether oxygens (including phenoxy) is 2. The first kappa shape index (κ1) is 14.1. The zero-order valence-electron chi connectivity index (χ0n) is 12.5. The Morgan fingerprint density at radius 2 is 1.26 bits per heavy atom. The van der Waals surface area contributed by atoms with Crippen LogP contribution in [-0.2, 0) is 19.1 Å². The smallest absolute Gasteiger partial charge is 0.313 e. The van der Waals surface area contributed by atoms with Crippen LogP contribution in [0.1, 0.15) is 34.1 Å². The molecule has 4 atom stereocenters. The number of rotatable bonds is 2. The molecule has 2 aliphatic rings. The monoisotopic (exact) mass is 266 g/mol. The van der Waals surface area contributed by atoms with Crippen LogP contribution >= 0.6 is 0 Å². The Balaban J connectivity index is 2.64. The predicted octanol–water partition coefficient (Wildman–Crippen LogP) is 2.33. The molecule has 2 aliphatic carbocycles. The van der Waals surface area contributed by atoms with E-state index < -0.39 is 10.8 Å². The van der Waals surface area contributed by atoms with Gasteiger partial charge in [0, 0.05) is 0 Å². The van der Waals surface area contributed by atoms with E-state index in [0.717, 1.165) is 6.42 Å². The first-order chi connectivity index (χ1) is 8.76. The van der Waals surface area contributed by atoms with Gasteiger partial charge in [0.05, 0.1) is 25.0 Å². The van der Waals surface area contributed by atoms with Crippen LogP contribution in [0.25, 0.3) is 0 Å². The standard InChI is InChI=1S/C15H22O4/c1-8-9(2)11-7-10(8)14(3,12(16)18-5)15(11,4)13(17)19-6/h10-11H,7H2,1-6H3/t10-,11-,14?,15?/m0/s1. The molecule has 4 nitrogen and oxygen atoms in total. The second kappa shape index (κ2) is 4.09. The lowest BCUT2D eigenvalue weighted by Crippen LogP contribution is -2.54. The van der Waals surface area contributed by atoms with E-state index in [1.165, 1.54) is 25.4 Å². The molecule has 0 aliphatic heterocycles. The van der Waals surface area contributed by atoms with E-state index in [-0.39, 0.29) is 23.8 Å². The van der Waals surface area contributed by atoms with Crippen molar-refractivity contribution < 1.29 is 19.1 Å².